The molecule has 3 nitrogen and oxygen atoms in total. The van der Waals surface area contributed by atoms with Crippen molar-refractivity contribution in [2.45, 2.75) is 65.0 Å². The van der Waals surface area contributed by atoms with Crippen LogP contribution in [0.5, 0.6) is 0 Å². The molecule has 0 saturated carbocycles. The van der Waals surface area contributed by atoms with E-state index < -0.39 is 0 Å². The summed E-state index contributed by atoms with van der Waals surface area (Å²) >= 11 is 0. The Labute approximate surface area is 175 Å². The van der Waals surface area contributed by atoms with E-state index in [1.54, 1.807) is 0 Å². The zero-order chi connectivity index (χ0) is 20.9. The second-order valence-corrected chi connectivity index (χ2v) is 10.5. The predicted octanol–water partition coefficient (Wildman–Crippen LogP) is 5.68. The summed E-state index contributed by atoms with van der Waals surface area (Å²) in [5.41, 5.74) is 1.91. The van der Waals surface area contributed by atoms with Gasteiger partial charge in [0.2, 0.25) is 0 Å². The fourth-order valence-corrected chi connectivity index (χ4v) is 5.03. The number of hydrogen-bond donors (Lipinski definition) is 0. The molecular formula is C26H34O3. The number of hydrogen-bond acceptors (Lipinski definition) is 3. The first-order valence-corrected chi connectivity index (χ1v) is 10.7. The van der Waals surface area contributed by atoms with Crippen LogP contribution in [0.1, 0.15) is 52.7 Å². The summed E-state index contributed by atoms with van der Waals surface area (Å²) in [6.07, 6.45) is 0.147. The Morgan fingerprint density at radius 2 is 1.00 bits per heavy atom. The third-order valence-electron chi connectivity index (χ3n) is 6.62. The molecule has 4 unspecified atom stereocenters. The second-order valence-electron chi connectivity index (χ2n) is 10.5. The molecular weight excluding hydrogens is 360 g/mol. The largest absolute Gasteiger partial charge is 0.376 e. The summed E-state index contributed by atoms with van der Waals surface area (Å²) in [5, 5.41) is 0. The lowest BCUT2D eigenvalue weighted by atomic mass is 9.74. The van der Waals surface area contributed by atoms with E-state index in [1.807, 2.05) is 12.1 Å². The van der Waals surface area contributed by atoms with Crippen LogP contribution in [-0.2, 0) is 25.4 Å². The van der Waals surface area contributed by atoms with Crippen molar-refractivity contribution in [3.05, 3.63) is 71.8 Å². The lowest BCUT2D eigenvalue weighted by Gasteiger charge is -2.29. The maximum Gasteiger partial charge on any atom is 0.127 e. The third-order valence-corrected chi connectivity index (χ3v) is 6.62. The van der Waals surface area contributed by atoms with Gasteiger partial charge in [-0.3, -0.25) is 0 Å². The molecule has 0 radical (unpaired) electrons. The van der Waals surface area contributed by atoms with Crippen LogP contribution in [0.15, 0.2) is 60.7 Å². The van der Waals surface area contributed by atoms with Gasteiger partial charge in [-0.1, -0.05) is 102 Å². The molecule has 2 aromatic carbocycles. The summed E-state index contributed by atoms with van der Waals surface area (Å²) < 4.78 is 18.8. The maximum absolute atomic E-state index is 6.30. The van der Waals surface area contributed by atoms with E-state index in [0.717, 1.165) is 0 Å². The smallest absolute Gasteiger partial charge is 0.127 e. The Morgan fingerprint density at radius 3 is 1.31 bits per heavy atom. The normalized spacial score (nSPS) is 31.5. The predicted molar refractivity (Wildman–Crippen MR) is 116 cm³/mol. The number of benzene rings is 2. The van der Waals surface area contributed by atoms with Crippen molar-refractivity contribution in [1.82, 2.24) is 0 Å². The van der Waals surface area contributed by atoms with Crippen molar-refractivity contribution in [3.8, 4) is 0 Å². The van der Waals surface area contributed by atoms with Crippen molar-refractivity contribution >= 4 is 0 Å². The first-order chi connectivity index (χ1) is 13.6. The SMILES string of the molecule is CC(C)(C)C1(c2ccccc2)OC1COCC1OC1(c1ccccc1)C(C)(C)C. The molecule has 2 saturated heterocycles. The molecule has 2 heterocycles. The molecule has 156 valence electrons. The molecule has 4 rings (SSSR count). The van der Waals surface area contributed by atoms with Crippen molar-refractivity contribution in [2.24, 2.45) is 10.8 Å². The average Bonchev–Trinajstić information content (AvgIpc) is 3.56. The number of epoxide rings is 2. The van der Waals surface area contributed by atoms with Crippen molar-refractivity contribution in [3.63, 3.8) is 0 Å². The van der Waals surface area contributed by atoms with E-state index in [1.165, 1.54) is 11.1 Å². The van der Waals surface area contributed by atoms with Crippen LogP contribution < -0.4 is 0 Å². The average molecular weight is 395 g/mol. The minimum atomic E-state index is -0.279. The van der Waals surface area contributed by atoms with Gasteiger partial charge in [0, 0.05) is 0 Å². The van der Waals surface area contributed by atoms with E-state index in [4.69, 9.17) is 14.2 Å². The van der Waals surface area contributed by atoms with Gasteiger partial charge < -0.3 is 14.2 Å². The minimum absolute atomic E-state index is 0.00231. The van der Waals surface area contributed by atoms with Crippen molar-refractivity contribution in [2.75, 3.05) is 13.2 Å². The zero-order valence-corrected chi connectivity index (χ0v) is 18.6. The van der Waals surface area contributed by atoms with Crippen LogP contribution in [0.25, 0.3) is 0 Å². The molecule has 0 aromatic heterocycles. The topological polar surface area (TPSA) is 34.3 Å². The molecule has 0 N–H and O–H groups in total. The van der Waals surface area contributed by atoms with E-state index in [-0.39, 0.29) is 34.2 Å². The fourth-order valence-electron chi connectivity index (χ4n) is 5.03. The number of ether oxygens (including phenoxy) is 3. The van der Waals surface area contributed by atoms with Gasteiger partial charge in [-0.05, 0) is 22.0 Å². The molecule has 29 heavy (non-hydrogen) atoms. The molecule has 3 heteroatoms. The van der Waals surface area contributed by atoms with E-state index in [0.29, 0.717) is 13.2 Å². The van der Waals surface area contributed by atoms with Crippen LogP contribution in [0.3, 0.4) is 0 Å². The highest BCUT2D eigenvalue weighted by Gasteiger charge is 2.66. The monoisotopic (exact) mass is 394 g/mol. The van der Waals surface area contributed by atoms with Crippen LogP contribution >= 0.6 is 0 Å². The Kier molecular flexibility index (Phi) is 4.92. The molecule has 0 amide bonds. The highest BCUT2D eigenvalue weighted by Crippen LogP contribution is 2.59. The van der Waals surface area contributed by atoms with Gasteiger partial charge in [0.25, 0.3) is 0 Å². The first-order valence-electron chi connectivity index (χ1n) is 10.7. The molecule has 2 aliphatic heterocycles. The van der Waals surface area contributed by atoms with Gasteiger partial charge in [0.05, 0.1) is 13.2 Å². The van der Waals surface area contributed by atoms with E-state index >= 15 is 0 Å². The Balaban J connectivity index is 1.42. The quantitative estimate of drug-likeness (QED) is 0.591. The van der Waals surface area contributed by atoms with Gasteiger partial charge in [-0.15, -0.1) is 0 Å². The van der Waals surface area contributed by atoms with Crippen molar-refractivity contribution < 1.29 is 14.2 Å². The molecule has 0 aliphatic carbocycles. The zero-order valence-electron chi connectivity index (χ0n) is 18.6. The Hall–Kier alpha value is -1.68. The van der Waals surface area contributed by atoms with Crippen LogP contribution in [0.2, 0.25) is 0 Å². The second kappa shape index (κ2) is 6.94. The highest BCUT2D eigenvalue weighted by molar-refractivity contribution is 5.33. The number of rotatable bonds is 6. The van der Waals surface area contributed by atoms with Crippen LogP contribution in [-0.4, -0.2) is 25.4 Å². The minimum Gasteiger partial charge on any atom is -0.376 e. The molecule has 2 aromatic rings. The molecule has 0 spiro atoms. The molecule has 0 bridgehead atoms. The summed E-state index contributed by atoms with van der Waals surface area (Å²) in [4.78, 5) is 0. The standard InChI is InChI=1S/C26H34O3/c1-23(2,3)25(19-13-9-7-10-14-19)21(28-25)17-27-18-22-26(29-22,24(4,5)6)20-15-11-8-12-16-20/h7-16,21-22H,17-18H2,1-6H3. The van der Waals surface area contributed by atoms with Gasteiger partial charge in [0.15, 0.2) is 0 Å². The summed E-state index contributed by atoms with van der Waals surface area (Å²) in [5.74, 6) is 0. The first kappa shape index (κ1) is 20.6. The Bertz CT molecular complexity index is 762. The van der Waals surface area contributed by atoms with Gasteiger partial charge in [-0.25, -0.2) is 0 Å². The Morgan fingerprint density at radius 1 is 0.655 bits per heavy atom. The van der Waals surface area contributed by atoms with Gasteiger partial charge >= 0.3 is 0 Å². The summed E-state index contributed by atoms with van der Waals surface area (Å²) in [6.45, 7) is 14.6. The lowest BCUT2D eigenvalue weighted by Crippen LogP contribution is -2.33. The lowest BCUT2D eigenvalue weighted by molar-refractivity contribution is 0.101. The molecule has 2 aliphatic rings. The summed E-state index contributed by atoms with van der Waals surface area (Å²) in [6, 6.07) is 21.1. The molecule has 2 fully saturated rings. The van der Waals surface area contributed by atoms with E-state index in [2.05, 4.69) is 90.1 Å². The third kappa shape index (κ3) is 3.34. The van der Waals surface area contributed by atoms with Crippen molar-refractivity contribution in [1.29, 1.82) is 0 Å². The maximum atomic E-state index is 6.30. The fraction of sp³-hybridized carbons (Fsp3) is 0.538. The van der Waals surface area contributed by atoms with Gasteiger partial charge in [0.1, 0.15) is 23.4 Å². The van der Waals surface area contributed by atoms with Crippen LogP contribution in [0, 0.1) is 10.8 Å². The van der Waals surface area contributed by atoms with Crippen LogP contribution in [0.4, 0.5) is 0 Å². The van der Waals surface area contributed by atoms with Gasteiger partial charge in [-0.2, -0.15) is 0 Å². The molecule has 4 atom stereocenters. The highest BCUT2D eigenvalue weighted by atomic mass is 16.7. The summed E-state index contributed by atoms with van der Waals surface area (Å²) in [7, 11) is 0. The van der Waals surface area contributed by atoms with E-state index in [9.17, 15) is 0 Å².